The SMILES string of the molecule is Cc1cccc(C)c1OCC[N+]1(Cc2ccccc2)CCCC1.[Br-]. The molecule has 1 fully saturated rings. The van der Waals surface area contributed by atoms with E-state index in [9.17, 15) is 0 Å². The molecule has 3 rings (SSSR count). The fourth-order valence-electron chi connectivity index (χ4n) is 3.81. The molecule has 1 aliphatic rings. The lowest BCUT2D eigenvalue weighted by atomic mass is 10.1. The maximum absolute atomic E-state index is 6.18. The van der Waals surface area contributed by atoms with Gasteiger partial charge in [-0.05, 0) is 25.0 Å². The summed E-state index contributed by atoms with van der Waals surface area (Å²) in [6.45, 7) is 9.87. The van der Waals surface area contributed by atoms with Gasteiger partial charge in [0.1, 0.15) is 25.4 Å². The lowest BCUT2D eigenvalue weighted by Crippen LogP contribution is -3.00. The monoisotopic (exact) mass is 389 g/mol. The second-order valence-corrected chi connectivity index (χ2v) is 6.93. The van der Waals surface area contributed by atoms with E-state index in [0.717, 1.165) is 25.4 Å². The van der Waals surface area contributed by atoms with Crippen molar-refractivity contribution in [3.63, 3.8) is 0 Å². The number of halogens is 1. The second-order valence-electron chi connectivity index (χ2n) is 6.93. The van der Waals surface area contributed by atoms with Crippen LogP contribution in [0.2, 0.25) is 0 Å². The van der Waals surface area contributed by atoms with Gasteiger partial charge >= 0.3 is 0 Å². The van der Waals surface area contributed by atoms with E-state index in [1.807, 2.05) is 0 Å². The summed E-state index contributed by atoms with van der Waals surface area (Å²) in [5, 5.41) is 0. The molecule has 1 heterocycles. The molecule has 2 aromatic rings. The van der Waals surface area contributed by atoms with Crippen LogP contribution in [0.25, 0.3) is 0 Å². The standard InChI is InChI=1S/C21H28NO.BrH/c1-18-9-8-10-19(2)21(18)23-16-15-22(13-6-7-14-22)17-20-11-4-3-5-12-20;/h3-5,8-12H,6-7,13-17H2,1-2H3;1H/q+1;/p-1. The first-order chi connectivity index (χ1) is 11.2. The lowest BCUT2D eigenvalue weighted by molar-refractivity contribution is -0.929. The van der Waals surface area contributed by atoms with Crippen LogP contribution in [-0.4, -0.2) is 30.7 Å². The van der Waals surface area contributed by atoms with Gasteiger partial charge < -0.3 is 26.2 Å². The quantitative estimate of drug-likeness (QED) is 0.680. The average Bonchev–Trinajstić information content (AvgIpc) is 3.00. The molecule has 2 aromatic carbocycles. The van der Waals surface area contributed by atoms with Crippen molar-refractivity contribution in [2.75, 3.05) is 26.2 Å². The Morgan fingerprint density at radius 2 is 1.50 bits per heavy atom. The van der Waals surface area contributed by atoms with E-state index in [1.54, 1.807) is 0 Å². The number of benzene rings is 2. The van der Waals surface area contributed by atoms with E-state index in [-0.39, 0.29) is 17.0 Å². The summed E-state index contributed by atoms with van der Waals surface area (Å²) >= 11 is 0. The first kappa shape index (κ1) is 19.0. The predicted octanol–water partition coefficient (Wildman–Crippen LogP) is 1.50. The molecule has 0 N–H and O–H groups in total. The molecule has 3 heteroatoms. The first-order valence-corrected chi connectivity index (χ1v) is 8.77. The van der Waals surface area contributed by atoms with Crippen LogP contribution >= 0.6 is 0 Å². The van der Waals surface area contributed by atoms with Crippen LogP contribution in [0.15, 0.2) is 48.5 Å². The van der Waals surface area contributed by atoms with E-state index >= 15 is 0 Å². The van der Waals surface area contributed by atoms with Crippen LogP contribution in [0, 0.1) is 13.8 Å². The van der Waals surface area contributed by atoms with Gasteiger partial charge in [0.25, 0.3) is 0 Å². The Morgan fingerprint density at radius 3 is 2.12 bits per heavy atom. The summed E-state index contributed by atoms with van der Waals surface area (Å²) < 4.78 is 7.35. The summed E-state index contributed by atoms with van der Waals surface area (Å²) in [5.74, 6) is 1.07. The van der Waals surface area contributed by atoms with Gasteiger partial charge in [0.15, 0.2) is 0 Å². The minimum absolute atomic E-state index is 0. The first-order valence-electron chi connectivity index (χ1n) is 8.77. The van der Waals surface area contributed by atoms with Gasteiger partial charge in [0.2, 0.25) is 0 Å². The third-order valence-corrected chi connectivity index (χ3v) is 5.10. The van der Waals surface area contributed by atoms with Crippen molar-refractivity contribution < 1.29 is 26.2 Å². The van der Waals surface area contributed by atoms with E-state index in [2.05, 4.69) is 62.4 Å². The summed E-state index contributed by atoms with van der Waals surface area (Å²) in [4.78, 5) is 0. The molecule has 0 unspecified atom stereocenters. The van der Waals surface area contributed by atoms with Crippen molar-refractivity contribution >= 4 is 0 Å². The highest BCUT2D eigenvalue weighted by molar-refractivity contribution is 5.39. The second kappa shape index (κ2) is 8.68. The van der Waals surface area contributed by atoms with E-state index in [0.29, 0.717) is 0 Å². The van der Waals surface area contributed by atoms with Crippen LogP contribution < -0.4 is 21.7 Å². The molecule has 0 radical (unpaired) electrons. The Hall–Kier alpha value is -1.32. The molecule has 0 saturated carbocycles. The van der Waals surface area contributed by atoms with E-state index in [1.165, 1.54) is 47.1 Å². The van der Waals surface area contributed by atoms with E-state index < -0.39 is 0 Å². The highest BCUT2D eigenvalue weighted by Crippen LogP contribution is 2.25. The smallest absolute Gasteiger partial charge is 0.137 e. The van der Waals surface area contributed by atoms with Crippen molar-refractivity contribution in [2.45, 2.75) is 33.2 Å². The molecule has 0 bridgehead atoms. The van der Waals surface area contributed by atoms with Gasteiger partial charge in [-0.1, -0.05) is 48.5 Å². The number of quaternary nitrogens is 1. The number of likely N-dealkylation sites (tertiary alicyclic amines) is 1. The molecule has 0 aliphatic carbocycles. The molecule has 130 valence electrons. The number of nitrogens with zero attached hydrogens (tertiary/aromatic N) is 1. The van der Waals surface area contributed by atoms with Gasteiger partial charge in [-0.15, -0.1) is 0 Å². The Kier molecular flexibility index (Phi) is 6.88. The van der Waals surface area contributed by atoms with Crippen molar-refractivity contribution in [3.8, 4) is 5.75 Å². The van der Waals surface area contributed by atoms with Crippen LogP contribution in [0.4, 0.5) is 0 Å². The maximum Gasteiger partial charge on any atom is 0.137 e. The number of ether oxygens (including phenoxy) is 1. The lowest BCUT2D eigenvalue weighted by Gasteiger charge is -2.34. The van der Waals surface area contributed by atoms with Crippen molar-refractivity contribution in [2.24, 2.45) is 0 Å². The number of hydrogen-bond donors (Lipinski definition) is 0. The van der Waals surface area contributed by atoms with Crippen LogP contribution in [0.3, 0.4) is 0 Å². The topological polar surface area (TPSA) is 9.23 Å². The highest BCUT2D eigenvalue weighted by atomic mass is 79.9. The molecule has 0 amide bonds. The molecule has 24 heavy (non-hydrogen) atoms. The summed E-state index contributed by atoms with van der Waals surface area (Å²) in [6.07, 6.45) is 2.69. The van der Waals surface area contributed by atoms with Gasteiger partial charge in [-0.3, -0.25) is 0 Å². The predicted molar refractivity (Wildman–Crippen MR) is 95.7 cm³/mol. The fourth-order valence-corrected chi connectivity index (χ4v) is 3.81. The molecule has 0 atom stereocenters. The summed E-state index contributed by atoms with van der Waals surface area (Å²) in [6, 6.07) is 17.3. The van der Waals surface area contributed by atoms with Crippen molar-refractivity contribution in [1.29, 1.82) is 0 Å². The third-order valence-electron chi connectivity index (χ3n) is 5.10. The van der Waals surface area contributed by atoms with Gasteiger partial charge in [-0.2, -0.15) is 0 Å². The van der Waals surface area contributed by atoms with Crippen LogP contribution in [0.1, 0.15) is 29.5 Å². The zero-order valence-corrected chi connectivity index (χ0v) is 16.4. The highest BCUT2D eigenvalue weighted by Gasteiger charge is 2.32. The van der Waals surface area contributed by atoms with Gasteiger partial charge in [0, 0.05) is 18.4 Å². The normalized spacial score (nSPS) is 15.8. The van der Waals surface area contributed by atoms with Crippen LogP contribution in [0.5, 0.6) is 5.75 Å². The number of aryl methyl sites for hydroxylation is 2. The zero-order chi connectivity index (χ0) is 16.1. The summed E-state index contributed by atoms with van der Waals surface area (Å²) in [7, 11) is 0. The molecule has 1 aliphatic heterocycles. The molecule has 1 saturated heterocycles. The Labute approximate surface area is 156 Å². The zero-order valence-electron chi connectivity index (χ0n) is 14.8. The van der Waals surface area contributed by atoms with Crippen molar-refractivity contribution in [1.82, 2.24) is 0 Å². The molecular formula is C21H28BrNO. The molecule has 0 spiro atoms. The Morgan fingerprint density at radius 1 is 0.875 bits per heavy atom. The number of para-hydroxylation sites is 1. The minimum Gasteiger partial charge on any atom is -1.00 e. The maximum atomic E-state index is 6.18. The summed E-state index contributed by atoms with van der Waals surface area (Å²) in [5.41, 5.74) is 3.92. The van der Waals surface area contributed by atoms with Crippen LogP contribution in [-0.2, 0) is 6.54 Å². The van der Waals surface area contributed by atoms with Gasteiger partial charge in [0.05, 0.1) is 13.1 Å². The number of rotatable bonds is 6. The minimum atomic E-state index is 0. The third kappa shape index (κ3) is 4.61. The molecule has 0 aromatic heterocycles. The van der Waals surface area contributed by atoms with E-state index in [4.69, 9.17) is 4.74 Å². The Balaban J connectivity index is 0.00000208. The number of hydrogen-bond acceptors (Lipinski definition) is 1. The largest absolute Gasteiger partial charge is 1.00 e. The van der Waals surface area contributed by atoms with Gasteiger partial charge in [-0.25, -0.2) is 0 Å². The fraction of sp³-hybridized carbons (Fsp3) is 0.429. The molecular weight excluding hydrogens is 362 g/mol. The molecule has 2 nitrogen and oxygen atoms in total. The van der Waals surface area contributed by atoms with Crippen molar-refractivity contribution in [3.05, 3.63) is 65.2 Å². The average molecular weight is 390 g/mol. The Bertz CT molecular complexity index is 615.